The minimum atomic E-state index is -0.926. The van der Waals surface area contributed by atoms with Gasteiger partial charge in [-0.05, 0) is 69.8 Å². The van der Waals surface area contributed by atoms with E-state index in [4.69, 9.17) is 9.47 Å². The first-order valence-electron chi connectivity index (χ1n) is 22.9. The van der Waals surface area contributed by atoms with Crippen molar-refractivity contribution in [3.63, 3.8) is 0 Å². The van der Waals surface area contributed by atoms with Gasteiger partial charge in [-0.3, -0.25) is 38.5 Å². The zero-order valence-electron chi connectivity index (χ0n) is 41.0. The summed E-state index contributed by atoms with van der Waals surface area (Å²) in [6, 6.07) is 5.01. The number of aromatic nitrogens is 2. The van der Waals surface area contributed by atoms with Crippen LogP contribution >= 0.6 is 15.9 Å². The summed E-state index contributed by atoms with van der Waals surface area (Å²) in [5.41, 5.74) is 1.55. The molecular weight excluding hydrogens is 928 g/mol. The van der Waals surface area contributed by atoms with Crippen LogP contribution in [0.1, 0.15) is 89.0 Å². The second-order valence-corrected chi connectivity index (χ2v) is 18.3. The Morgan fingerprint density at radius 2 is 1.57 bits per heavy atom. The molecule has 8 atom stereocenters. The molecule has 0 bridgehead atoms. The van der Waals surface area contributed by atoms with Crippen LogP contribution in [0, 0.1) is 17.8 Å². The Balaban J connectivity index is 1.53. The van der Waals surface area contributed by atoms with Crippen LogP contribution < -0.4 is 26.6 Å². The van der Waals surface area contributed by atoms with Crippen molar-refractivity contribution >= 4 is 63.0 Å². The molecule has 19 nitrogen and oxygen atoms in total. The van der Waals surface area contributed by atoms with E-state index in [2.05, 4.69) is 52.5 Å². The maximum Gasteiger partial charge on any atom is 0.255 e. The molecule has 1 aromatic carbocycles. The van der Waals surface area contributed by atoms with Crippen LogP contribution in [0.25, 0.3) is 0 Å². The number of carbonyl (C=O) groups is 7. The van der Waals surface area contributed by atoms with E-state index in [9.17, 15) is 33.6 Å². The summed E-state index contributed by atoms with van der Waals surface area (Å²) in [6.07, 6.45) is 4.09. The van der Waals surface area contributed by atoms with Crippen LogP contribution in [0.5, 0.6) is 0 Å². The molecule has 1 aliphatic rings. The summed E-state index contributed by atoms with van der Waals surface area (Å²) in [5, 5.41) is 14.1. The smallest absolute Gasteiger partial charge is 0.255 e. The number of halogens is 1. The number of hydrogen-bond acceptors (Lipinski definition) is 12. The molecule has 1 fully saturated rings. The number of benzene rings is 1. The van der Waals surface area contributed by atoms with Gasteiger partial charge in [0.15, 0.2) is 0 Å². The van der Waals surface area contributed by atoms with Crippen LogP contribution in [0.3, 0.4) is 0 Å². The lowest BCUT2D eigenvalue weighted by Gasteiger charge is -2.39. The summed E-state index contributed by atoms with van der Waals surface area (Å²) in [5.74, 6) is -2.52. The number of hydrogen-bond donors (Lipinski definition) is 5. The molecule has 1 saturated heterocycles. The van der Waals surface area contributed by atoms with Crippen molar-refractivity contribution < 1.29 is 43.0 Å². The fraction of sp³-hybridized carbons (Fsp3) is 0.638. The molecule has 2 heterocycles. The lowest BCUT2D eigenvalue weighted by molar-refractivity contribution is -0.145. The van der Waals surface area contributed by atoms with Gasteiger partial charge >= 0.3 is 0 Å². The average Bonchev–Trinajstić information content (AvgIpc) is 3.79. The van der Waals surface area contributed by atoms with Gasteiger partial charge in [0.05, 0.1) is 66.7 Å². The number of rotatable bonds is 26. The molecule has 8 unspecified atom stereocenters. The maximum atomic E-state index is 14.1. The Kier molecular flexibility index (Phi) is 23.3. The summed E-state index contributed by atoms with van der Waals surface area (Å²) in [6.45, 7) is 11.5. The van der Waals surface area contributed by atoms with Gasteiger partial charge < -0.3 is 45.9 Å². The largest absolute Gasteiger partial charge is 0.379 e. The second kappa shape index (κ2) is 27.7. The first-order valence-corrected chi connectivity index (χ1v) is 24.1. The fourth-order valence-corrected chi connectivity index (χ4v) is 8.85. The maximum absolute atomic E-state index is 14.1. The molecule has 20 heteroatoms. The highest BCUT2D eigenvalue weighted by Crippen LogP contribution is 2.29. The van der Waals surface area contributed by atoms with Gasteiger partial charge in [-0.2, -0.15) is 0 Å². The molecule has 67 heavy (non-hydrogen) atoms. The topological polar surface area (TPSA) is 234 Å². The van der Waals surface area contributed by atoms with Crippen LogP contribution in [0.4, 0.5) is 5.69 Å². The van der Waals surface area contributed by atoms with Crippen molar-refractivity contribution in [2.45, 2.75) is 115 Å². The van der Waals surface area contributed by atoms with E-state index in [0.717, 1.165) is 18.4 Å². The van der Waals surface area contributed by atoms with Gasteiger partial charge in [-0.15, -0.1) is 0 Å². The first-order chi connectivity index (χ1) is 31.8. The van der Waals surface area contributed by atoms with Crippen molar-refractivity contribution in [1.82, 2.24) is 45.9 Å². The Hall–Kier alpha value is -5.05. The van der Waals surface area contributed by atoms with Gasteiger partial charge in [0.25, 0.3) is 5.91 Å². The zero-order valence-corrected chi connectivity index (χ0v) is 42.6. The monoisotopic (exact) mass is 1000 g/mol. The fourth-order valence-electron chi connectivity index (χ4n) is 8.56. The van der Waals surface area contributed by atoms with E-state index in [1.165, 1.54) is 26.4 Å². The molecular formula is C47H73BrN10O9. The number of likely N-dealkylation sites (tertiary alicyclic amines) is 1. The molecule has 372 valence electrons. The predicted octanol–water partition coefficient (Wildman–Crippen LogP) is 2.53. The van der Waals surface area contributed by atoms with Crippen LogP contribution in [-0.4, -0.2) is 164 Å². The third kappa shape index (κ3) is 16.6. The van der Waals surface area contributed by atoms with Gasteiger partial charge in [-0.25, -0.2) is 9.97 Å². The number of nitrogens with zero attached hydrogens (tertiary/aromatic N) is 5. The molecule has 7 amide bonds. The second-order valence-electron chi connectivity index (χ2n) is 17.7. The van der Waals surface area contributed by atoms with Crippen LogP contribution in [0.15, 0.2) is 36.7 Å². The Bertz CT molecular complexity index is 1960. The van der Waals surface area contributed by atoms with Crippen molar-refractivity contribution in [3.05, 3.63) is 53.6 Å². The highest BCUT2D eigenvalue weighted by atomic mass is 79.9. The minimum Gasteiger partial charge on any atom is -0.379 e. The summed E-state index contributed by atoms with van der Waals surface area (Å²) < 4.78 is 11.9. The number of nitrogens with one attached hydrogen (secondary N) is 5. The van der Waals surface area contributed by atoms with Crippen molar-refractivity contribution in [2.24, 2.45) is 17.8 Å². The molecule has 0 radical (unpaired) electrons. The standard InChI is InChI=1S/C47H73BrN10O9/c1-12-29(4)42(57(9)40(61)27-53-47(65)41(28(2)3)56(7)8)36(66-10)22-39(60)58-20-14-17-35(58)43(67-11)30(5)44(62)49-19-18-32-15-13-16-34(21-32)55-38(59)26-52-45(63)31(6)54-46(64)33-24-50-37(23-48)51-25-33/h13,15-16,21,24-25,28-31,35-36,41-43H,12,14,17-20,22-23,26-27H2,1-11H3,(H,49,62)(H,52,63)(H,53,65)(H,54,64)(H,55,59). The van der Waals surface area contributed by atoms with Crippen molar-refractivity contribution in [1.29, 1.82) is 0 Å². The lowest BCUT2D eigenvalue weighted by Crippen LogP contribution is -2.55. The molecule has 3 rings (SSSR count). The number of amides is 7. The van der Waals surface area contributed by atoms with E-state index in [1.807, 2.05) is 52.8 Å². The summed E-state index contributed by atoms with van der Waals surface area (Å²) in [4.78, 5) is 105. The van der Waals surface area contributed by atoms with E-state index >= 15 is 0 Å². The average molecular weight is 1000 g/mol. The molecule has 0 spiro atoms. The summed E-state index contributed by atoms with van der Waals surface area (Å²) in [7, 11) is 8.42. The quantitative estimate of drug-likeness (QED) is 0.0857. The van der Waals surface area contributed by atoms with E-state index in [-0.39, 0.29) is 72.6 Å². The third-order valence-electron chi connectivity index (χ3n) is 12.3. The normalized spacial score (nSPS) is 16.8. The van der Waals surface area contributed by atoms with Crippen LogP contribution in [-0.2, 0) is 50.0 Å². The number of carbonyl (C=O) groups excluding carboxylic acids is 7. The molecule has 1 aliphatic heterocycles. The highest BCUT2D eigenvalue weighted by molar-refractivity contribution is 9.08. The molecule has 0 saturated carbocycles. The van der Waals surface area contributed by atoms with Crippen molar-refractivity contribution in [2.75, 3.05) is 66.9 Å². The van der Waals surface area contributed by atoms with E-state index < -0.39 is 47.9 Å². The zero-order chi connectivity index (χ0) is 50.0. The first kappa shape index (κ1) is 56.3. The number of alkyl halides is 1. The van der Waals surface area contributed by atoms with E-state index in [1.54, 1.807) is 49.1 Å². The minimum absolute atomic E-state index is 0.0105. The van der Waals surface area contributed by atoms with Gasteiger partial charge in [0.1, 0.15) is 11.9 Å². The SMILES string of the molecule is CCC(C)C(C(CC(=O)N1CCCC1C(OC)C(C)C(=O)NCCc1cccc(NC(=O)CNC(=O)C(C)NC(=O)c2cnc(CBr)nc2)c1)OC)N(C)C(=O)CNC(=O)C(C(C)C)N(C)C. The third-order valence-corrected chi connectivity index (χ3v) is 12.9. The Morgan fingerprint density at radius 1 is 0.896 bits per heavy atom. The molecule has 2 aromatic rings. The molecule has 5 N–H and O–H groups in total. The summed E-state index contributed by atoms with van der Waals surface area (Å²) >= 11 is 3.24. The Morgan fingerprint density at radius 3 is 2.16 bits per heavy atom. The van der Waals surface area contributed by atoms with E-state index in [0.29, 0.717) is 42.8 Å². The van der Waals surface area contributed by atoms with Crippen molar-refractivity contribution in [3.8, 4) is 0 Å². The van der Waals surface area contributed by atoms with Gasteiger partial charge in [0.2, 0.25) is 35.4 Å². The van der Waals surface area contributed by atoms with Gasteiger partial charge in [-0.1, -0.05) is 69.1 Å². The highest BCUT2D eigenvalue weighted by Gasteiger charge is 2.42. The van der Waals surface area contributed by atoms with Crippen LogP contribution in [0.2, 0.25) is 0 Å². The number of methoxy groups -OCH3 is 2. The van der Waals surface area contributed by atoms with Gasteiger partial charge in [0, 0.05) is 52.4 Å². The molecule has 0 aliphatic carbocycles. The Labute approximate surface area is 404 Å². The number of likely N-dealkylation sites (N-methyl/N-ethyl adjacent to an activating group) is 2. The lowest BCUT2D eigenvalue weighted by atomic mass is 9.90. The number of anilines is 1. The molecule has 1 aromatic heterocycles. The number of ether oxygens (including phenoxy) is 2. The predicted molar refractivity (Wildman–Crippen MR) is 258 cm³/mol.